The number of alkyl carbamates (subject to hydrolysis) is 1. The molecule has 0 spiro atoms. The van der Waals surface area contributed by atoms with Crippen molar-refractivity contribution < 1.29 is 14.6 Å². The number of benzene rings is 2. The molecular weight excluding hydrogens is 242 g/mol. The zero-order valence-corrected chi connectivity index (χ0v) is 10.6. The van der Waals surface area contributed by atoms with Crippen LogP contribution in [0.5, 0.6) is 5.75 Å². The Morgan fingerprint density at radius 1 is 1.16 bits per heavy atom. The molecule has 2 aromatic rings. The molecule has 0 atom stereocenters. The summed E-state index contributed by atoms with van der Waals surface area (Å²) in [6.07, 6.45) is -0.454. The number of carbonyl (C=O) groups excluding carboxylic acids is 1. The molecular formula is C15H15NO3. The summed E-state index contributed by atoms with van der Waals surface area (Å²) in [5.41, 5.74) is 2.68. The summed E-state index contributed by atoms with van der Waals surface area (Å²) >= 11 is 0. The van der Waals surface area contributed by atoms with Crippen LogP contribution in [0.4, 0.5) is 4.79 Å². The molecule has 2 aromatic carbocycles. The summed E-state index contributed by atoms with van der Waals surface area (Å²) in [7, 11) is 1.33. The molecule has 4 heteroatoms. The molecule has 0 saturated carbocycles. The molecule has 0 radical (unpaired) electrons. The maximum Gasteiger partial charge on any atom is 0.407 e. The van der Waals surface area contributed by atoms with Gasteiger partial charge >= 0.3 is 6.09 Å². The van der Waals surface area contributed by atoms with Gasteiger partial charge in [0.25, 0.3) is 0 Å². The van der Waals surface area contributed by atoms with Crippen LogP contribution < -0.4 is 5.32 Å². The minimum Gasteiger partial charge on any atom is -0.507 e. The van der Waals surface area contributed by atoms with Crippen LogP contribution in [0.1, 0.15) is 5.56 Å². The van der Waals surface area contributed by atoms with Gasteiger partial charge in [-0.2, -0.15) is 0 Å². The largest absolute Gasteiger partial charge is 0.507 e. The van der Waals surface area contributed by atoms with Crippen molar-refractivity contribution in [3.8, 4) is 16.9 Å². The normalized spacial score (nSPS) is 9.95. The van der Waals surface area contributed by atoms with E-state index in [1.165, 1.54) is 7.11 Å². The van der Waals surface area contributed by atoms with Crippen LogP contribution in [0.15, 0.2) is 48.5 Å². The van der Waals surface area contributed by atoms with Crippen LogP contribution in [-0.4, -0.2) is 18.3 Å². The van der Waals surface area contributed by atoms with Gasteiger partial charge in [0.15, 0.2) is 0 Å². The van der Waals surface area contributed by atoms with Crippen LogP contribution in [0.25, 0.3) is 11.1 Å². The van der Waals surface area contributed by atoms with Gasteiger partial charge in [0, 0.05) is 12.1 Å². The van der Waals surface area contributed by atoms with E-state index >= 15 is 0 Å². The van der Waals surface area contributed by atoms with Crippen molar-refractivity contribution in [3.63, 3.8) is 0 Å². The fraction of sp³-hybridized carbons (Fsp3) is 0.133. The minimum absolute atomic E-state index is 0.253. The summed E-state index contributed by atoms with van der Waals surface area (Å²) in [6, 6.07) is 14.8. The fourth-order valence-electron chi connectivity index (χ4n) is 1.77. The Morgan fingerprint density at radius 2 is 1.84 bits per heavy atom. The average molecular weight is 257 g/mol. The molecule has 0 unspecified atom stereocenters. The number of ether oxygens (including phenoxy) is 1. The Morgan fingerprint density at radius 3 is 2.47 bits per heavy atom. The van der Waals surface area contributed by atoms with Gasteiger partial charge < -0.3 is 15.2 Å². The molecule has 0 aliphatic carbocycles. The lowest BCUT2D eigenvalue weighted by Crippen LogP contribution is -2.22. The van der Waals surface area contributed by atoms with E-state index in [-0.39, 0.29) is 5.75 Å². The third kappa shape index (κ3) is 3.25. The first-order valence-corrected chi connectivity index (χ1v) is 5.90. The Labute approximate surface area is 111 Å². The molecule has 0 aliphatic rings. The molecule has 4 nitrogen and oxygen atoms in total. The SMILES string of the molecule is COC(=O)NCc1ccc(-c2ccccc2O)cc1. The maximum atomic E-state index is 11.0. The number of phenolic OH excluding ortho intramolecular Hbond substituents is 1. The highest BCUT2D eigenvalue weighted by molar-refractivity contribution is 5.70. The van der Waals surface area contributed by atoms with Crippen molar-refractivity contribution in [1.82, 2.24) is 5.32 Å². The van der Waals surface area contributed by atoms with Crippen molar-refractivity contribution >= 4 is 6.09 Å². The highest BCUT2D eigenvalue weighted by atomic mass is 16.5. The molecule has 98 valence electrons. The van der Waals surface area contributed by atoms with E-state index in [9.17, 15) is 9.90 Å². The third-order valence-electron chi connectivity index (χ3n) is 2.79. The number of rotatable bonds is 3. The monoisotopic (exact) mass is 257 g/mol. The van der Waals surface area contributed by atoms with Gasteiger partial charge in [0.05, 0.1) is 7.11 Å². The second kappa shape index (κ2) is 5.91. The number of phenols is 1. The van der Waals surface area contributed by atoms with Gasteiger partial charge in [-0.1, -0.05) is 42.5 Å². The van der Waals surface area contributed by atoms with Crippen molar-refractivity contribution in [2.75, 3.05) is 7.11 Å². The summed E-state index contributed by atoms with van der Waals surface area (Å²) < 4.78 is 4.50. The lowest BCUT2D eigenvalue weighted by Gasteiger charge is -2.07. The number of aromatic hydroxyl groups is 1. The molecule has 0 saturated heterocycles. The lowest BCUT2D eigenvalue weighted by atomic mass is 10.0. The van der Waals surface area contributed by atoms with E-state index < -0.39 is 6.09 Å². The van der Waals surface area contributed by atoms with E-state index in [4.69, 9.17) is 0 Å². The van der Waals surface area contributed by atoms with E-state index in [0.29, 0.717) is 6.54 Å². The Hall–Kier alpha value is -2.49. The number of methoxy groups -OCH3 is 1. The number of para-hydroxylation sites is 1. The summed E-state index contributed by atoms with van der Waals surface area (Å²) in [4.78, 5) is 11.0. The van der Waals surface area contributed by atoms with Crippen LogP contribution in [-0.2, 0) is 11.3 Å². The molecule has 0 aromatic heterocycles. The highest BCUT2D eigenvalue weighted by Crippen LogP contribution is 2.28. The molecule has 19 heavy (non-hydrogen) atoms. The topological polar surface area (TPSA) is 58.6 Å². The number of hydrogen-bond acceptors (Lipinski definition) is 3. The van der Waals surface area contributed by atoms with E-state index in [1.807, 2.05) is 36.4 Å². The average Bonchev–Trinajstić information content (AvgIpc) is 2.46. The first-order chi connectivity index (χ1) is 9.20. The van der Waals surface area contributed by atoms with E-state index in [0.717, 1.165) is 16.7 Å². The maximum absolute atomic E-state index is 11.0. The lowest BCUT2D eigenvalue weighted by molar-refractivity contribution is 0.170. The quantitative estimate of drug-likeness (QED) is 0.888. The second-order valence-electron chi connectivity index (χ2n) is 4.06. The number of nitrogens with one attached hydrogen (secondary N) is 1. The highest BCUT2D eigenvalue weighted by Gasteiger charge is 2.03. The summed E-state index contributed by atoms with van der Waals surface area (Å²) in [6.45, 7) is 0.410. The standard InChI is InChI=1S/C15H15NO3/c1-19-15(18)16-10-11-6-8-12(9-7-11)13-4-2-3-5-14(13)17/h2-9,17H,10H2,1H3,(H,16,18). The van der Waals surface area contributed by atoms with Gasteiger partial charge in [-0.25, -0.2) is 4.79 Å². The minimum atomic E-state index is -0.454. The first kappa shape index (κ1) is 13.0. The van der Waals surface area contributed by atoms with E-state index in [1.54, 1.807) is 12.1 Å². The predicted molar refractivity (Wildman–Crippen MR) is 72.8 cm³/mol. The fourth-order valence-corrected chi connectivity index (χ4v) is 1.77. The molecule has 2 N–H and O–H groups in total. The van der Waals surface area contributed by atoms with Crippen molar-refractivity contribution in [1.29, 1.82) is 0 Å². The van der Waals surface area contributed by atoms with Crippen LogP contribution in [0, 0.1) is 0 Å². The number of carbonyl (C=O) groups is 1. The van der Waals surface area contributed by atoms with Crippen LogP contribution in [0.3, 0.4) is 0 Å². The van der Waals surface area contributed by atoms with Crippen molar-refractivity contribution in [3.05, 3.63) is 54.1 Å². The Kier molecular flexibility index (Phi) is 4.03. The van der Waals surface area contributed by atoms with Crippen molar-refractivity contribution in [2.45, 2.75) is 6.54 Å². The molecule has 0 fully saturated rings. The summed E-state index contributed by atoms with van der Waals surface area (Å²) in [5.74, 6) is 0.253. The number of amides is 1. The summed E-state index contributed by atoms with van der Waals surface area (Å²) in [5, 5.41) is 12.4. The van der Waals surface area contributed by atoms with E-state index in [2.05, 4.69) is 10.1 Å². The second-order valence-corrected chi connectivity index (χ2v) is 4.06. The van der Waals surface area contributed by atoms with Gasteiger partial charge in [0.2, 0.25) is 0 Å². The molecule has 0 bridgehead atoms. The van der Waals surface area contributed by atoms with Crippen LogP contribution in [0.2, 0.25) is 0 Å². The first-order valence-electron chi connectivity index (χ1n) is 5.90. The zero-order chi connectivity index (χ0) is 13.7. The zero-order valence-electron chi connectivity index (χ0n) is 10.6. The third-order valence-corrected chi connectivity index (χ3v) is 2.79. The predicted octanol–water partition coefficient (Wildman–Crippen LogP) is 2.92. The molecule has 0 heterocycles. The number of hydrogen-bond donors (Lipinski definition) is 2. The Balaban J connectivity index is 2.11. The van der Waals surface area contributed by atoms with Crippen molar-refractivity contribution in [2.24, 2.45) is 0 Å². The van der Waals surface area contributed by atoms with Crippen LogP contribution >= 0.6 is 0 Å². The van der Waals surface area contributed by atoms with Gasteiger partial charge in [-0.3, -0.25) is 0 Å². The van der Waals surface area contributed by atoms with Gasteiger partial charge in [-0.05, 0) is 17.2 Å². The molecule has 0 aliphatic heterocycles. The van der Waals surface area contributed by atoms with Gasteiger partial charge in [-0.15, -0.1) is 0 Å². The molecule has 1 amide bonds. The smallest absolute Gasteiger partial charge is 0.407 e. The molecule has 2 rings (SSSR count). The van der Waals surface area contributed by atoms with Gasteiger partial charge in [0.1, 0.15) is 5.75 Å². The Bertz CT molecular complexity index is 564.